The van der Waals surface area contributed by atoms with Crippen molar-refractivity contribution < 1.29 is 18.8 Å². The first-order valence-corrected chi connectivity index (χ1v) is 7.77. The van der Waals surface area contributed by atoms with Crippen LogP contribution in [0, 0.1) is 17.8 Å². The summed E-state index contributed by atoms with van der Waals surface area (Å²) in [6.07, 6.45) is 6.41. The fourth-order valence-electron chi connectivity index (χ4n) is 3.11. The second-order valence-electron chi connectivity index (χ2n) is 6.39. The van der Waals surface area contributed by atoms with Gasteiger partial charge in [0.25, 0.3) is 0 Å². The van der Waals surface area contributed by atoms with E-state index in [4.69, 9.17) is 9.47 Å². The van der Waals surface area contributed by atoms with Crippen molar-refractivity contribution in [1.29, 1.82) is 0 Å². The molecular weight excluding hydrogens is 266 g/mol. The van der Waals surface area contributed by atoms with Gasteiger partial charge in [0, 0.05) is 12.1 Å². The zero-order valence-corrected chi connectivity index (χ0v) is 13.4. The minimum absolute atomic E-state index is 0.0239. The van der Waals surface area contributed by atoms with Crippen molar-refractivity contribution >= 4 is 6.09 Å². The molecule has 2 rings (SSSR count). The van der Waals surface area contributed by atoms with Crippen molar-refractivity contribution in [3.63, 3.8) is 0 Å². The summed E-state index contributed by atoms with van der Waals surface area (Å²) in [5.74, 6) is 2.35. The Morgan fingerprint density at radius 1 is 1.29 bits per heavy atom. The smallest absolute Gasteiger partial charge is 0.496 e. The molecule has 1 fully saturated rings. The molecule has 116 valence electrons. The Labute approximate surface area is 127 Å². The van der Waals surface area contributed by atoms with E-state index in [9.17, 15) is 4.79 Å². The third-order valence-corrected chi connectivity index (χ3v) is 4.46. The summed E-state index contributed by atoms with van der Waals surface area (Å²) < 4.78 is 12.3. The van der Waals surface area contributed by atoms with E-state index < -0.39 is 0 Å². The number of methoxy groups -OCH3 is 1. The lowest BCUT2D eigenvalue weighted by Gasteiger charge is -2.35. The van der Waals surface area contributed by atoms with Crippen molar-refractivity contribution in [1.82, 2.24) is 0 Å². The van der Waals surface area contributed by atoms with Crippen LogP contribution in [0.5, 0.6) is 5.75 Å². The molecule has 0 aromatic carbocycles. The van der Waals surface area contributed by atoms with Crippen LogP contribution in [-0.4, -0.2) is 19.3 Å². The Kier molecular flexibility index (Phi) is 5.21. The Morgan fingerprint density at radius 3 is 2.52 bits per heavy atom. The number of aromatic nitrogens is 1. The van der Waals surface area contributed by atoms with Gasteiger partial charge < -0.3 is 9.47 Å². The molecule has 0 saturated heterocycles. The zero-order chi connectivity index (χ0) is 15.4. The Bertz CT molecular complexity index is 469. The first-order chi connectivity index (χ1) is 10.0. The van der Waals surface area contributed by atoms with E-state index in [0.717, 1.165) is 18.6 Å². The maximum atomic E-state index is 12.3. The van der Waals surface area contributed by atoms with Gasteiger partial charge >= 0.3 is 6.09 Å². The topological polar surface area (TPSA) is 39.4 Å². The normalized spacial score (nSPS) is 25.7. The van der Waals surface area contributed by atoms with Crippen LogP contribution in [-0.2, 0) is 4.74 Å². The Morgan fingerprint density at radius 2 is 1.95 bits per heavy atom. The van der Waals surface area contributed by atoms with E-state index in [1.165, 1.54) is 11.0 Å². The maximum absolute atomic E-state index is 12.3. The predicted octanol–water partition coefficient (Wildman–Crippen LogP) is 3.43. The van der Waals surface area contributed by atoms with Crippen molar-refractivity contribution in [3.8, 4) is 5.75 Å². The van der Waals surface area contributed by atoms with Crippen molar-refractivity contribution in [2.45, 2.75) is 46.1 Å². The largest absolute Gasteiger partial charge is 0.602 e. The fourth-order valence-corrected chi connectivity index (χ4v) is 3.11. The Hall–Kier alpha value is -1.58. The highest BCUT2D eigenvalue weighted by Crippen LogP contribution is 2.35. The highest BCUT2D eigenvalue weighted by Gasteiger charge is 2.35. The molecule has 1 aromatic rings. The minimum Gasteiger partial charge on any atom is -0.496 e. The number of hydrogen-bond donors (Lipinski definition) is 0. The number of carbonyl (C=O) groups excluding carboxylic acids is 1. The molecule has 1 heterocycles. The van der Waals surface area contributed by atoms with Crippen LogP contribution in [0.1, 0.15) is 40.0 Å². The van der Waals surface area contributed by atoms with E-state index in [2.05, 4.69) is 20.8 Å². The van der Waals surface area contributed by atoms with E-state index in [1.54, 1.807) is 31.6 Å². The highest BCUT2D eigenvalue weighted by atomic mass is 16.6. The molecule has 0 N–H and O–H groups in total. The molecule has 4 heteroatoms. The lowest BCUT2D eigenvalue weighted by atomic mass is 9.75. The van der Waals surface area contributed by atoms with Gasteiger partial charge in [0.05, 0.1) is 7.11 Å². The van der Waals surface area contributed by atoms with Gasteiger partial charge in [-0.05, 0) is 30.6 Å². The lowest BCUT2D eigenvalue weighted by molar-refractivity contribution is -0.587. The zero-order valence-electron chi connectivity index (χ0n) is 13.4. The number of carbonyl (C=O) groups is 1. The number of hydrogen-bond acceptors (Lipinski definition) is 3. The second kappa shape index (κ2) is 6.92. The molecule has 4 nitrogen and oxygen atoms in total. The van der Waals surface area contributed by atoms with Crippen LogP contribution in [0.4, 0.5) is 4.79 Å². The van der Waals surface area contributed by atoms with Crippen LogP contribution in [0.25, 0.3) is 0 Å². The monoisotopic (exact) mass is 292 g/mol. The van der Waals surface area contributed by atoms with Gasteiger partial charge in [-0.1, -0.05) is 31.8 Å². The van der Waals surface area contributed by atoms with Gasteiger partial charge in [0.1, 0.15) is 11.9 Å². The Balaban J connectivity index is 2.04. The number of rotatable bonds is 3. The summed E-state index contributed by atoms with van der Waals surface area (Å²) in [6.45, 7) is 6.65. The van der Waals surface area contributed by atoms with Gasteiger partial charge in [-0.15, -0.1) is 0 Å². The van der Waals surface area contributed by atoms with Crippen LogP contribution in [0.3, 0.4) is 0 Å². The van der Waals surface area contributed by atoms with E-state index in [1.807, 2.05) is 0 Å². The summed E-state index contributed by atoms with van der Waals surface area (Å²) >= 11 is 0. The van der Waals surface area contributed by atoms with Gasteiger partial charge in [-0.25, -0.2) is 0 Å². The molecule has 0 aliphatic heterocycles. The maximum Gasteiger partial charge on any atom is 0.602 e. The molecule has 0 unspecified atom stereocenters. The van der Waals surface area contributed by atoms with Gasteiger partial charge in [-0.3, -0.25) is 0 Å². The van der Waals surface area contributed by atoms with E-state index >= 15 is 0 Å². The molecular formula is C17H26NO3+. The standard InChI is InChI=1S/C17H26NO3/c1-12(2)15-6-5-13(3)11-16(15)21-17(19)18-9-7-14(20-4)8-10-18/h7-10,12-13,15-16H,5-6,11H2,1-4H3/q+1/t13-,15+,16-/m1/s1. The quantitative estimate of drug-likeness (QED) is 0.801. The second-order valence-corrected chi connectivity index (χ2v) is 6.39. The molecule has 21 heavy (non-hydrogen) atoms. The molecule has 0 amide bonds. The molecule has 1 aliphatic rings. The third-order valence-electron chi connectivity index (χ3n) is 4.46. The average molecular weight is 292 g/mol. The van der Waals surface area contributed by atoms with Gasteiger partial charge in [-0.2, -0.15) is 4.79 Å². The number of pyridine rings is 1. The molecule has 0 bridgehead atoms. The number of nitrogens with zero attached hydrogens (tertiary/aromatic N) is 1. The van der Waals surface area contributed by atoms with E-state index in [0.29, 0.717) is 17.8 Å². The summed E-state index contributed by atoms with van der Waals surface area (Å²) in [5.41, 5.74) is 0. The summed E-state index contributed by atoms with van der Waals surface area (Å²) in [5, 5.41) is 0. The molecule has 0 radical (unpaired) electrons. The van der Waals surface area contributed by atoms with Gasteiger partial charge in [0.2, 0.25) is 0 Å². The predicted molar refractivity (Wildman–Crippen MR) is 80.2 cm³/mol. The summed E-state index contributed by atoms with van der Waals surface area (Å²) in [6, 6.07) is 3.51. The lowest BCUT2D eigenvalue weighted by Crippen LogP contribution is -2.47. The third kappa shape index (κ3) is 3.96. The minimum atomic E-state index is -0.303. The highest BCUT2D eigenvalue weighted by molar-refractivity contribution is 5.57. The van der Waals surface area contributed by atoms with E-state index in [-0.39, 0.29) is 12.2 Å². The van der Waals surface area contributed by atoms with Crippen LogP contribution in [0.15, 0.2) is 24.5 Å². The van der Waals surface area contributed by atoms with Crippen LogP contribution in [0.2, 0.25) is 0 Å². The van der Waals surface area contributed by atoms with Crippen LogP contribution >= 0.6 is 0 Å². The van der Waals surface area contributed by atoms with Crippen molar-refractivity contribution in [2.24, 2.45) is 17.8 Å². The number of ether oxygens (including phenoxy) is 2. The SMILES string of the molecule is COc1cc[n+](C(=O)O[C@@H]2C[C@H](C)CC[C@H]2C(C)C)cc1. The molecule has 0 spiro atoms. The van der Waals surface area contributed by atoms with Gasteiger partial charge in [0.15, 0.2) is 12.4 Å². The first kappa shape index (κ1) is 15.8. The average Bonchev–Trinajstić information content (AvgIpc) is 2.47. The summed E-state index contributed by atoms with van der Waals surface area (Å²) in [4.78, 5) is 12.3. The molecule has 1 aromatic heterocycles. The molecule has 1 saturated carbocycles. The van der Waals surface area contributed by atoms with Crippen LogP contribution < -0.4 is 9.30 Å². The summed E-state index contributed by atoms with van der Waals surface area (Å²) in [7, 11) is 1.61. The molecule has 1 aliphatic carbocycles. The molecule has 3 atom stereocenters. The van der Waals surface area contributed by atoms with Crippen molar-refractivity contribution in [2.75, 3.05) is 7.11 Å². The first-order valence-electron chi connectivity index (χ1n) is 7.77. The fraction of sp³-hybridized carbons (Fsp3) is 0.647. The van der Waals surface area contributed by atoms with Crippen molar-refractivity contribution in [3.05, 3.63) is 24.5 Å².